The zero-order chi connectivity index (χ0) is 13.8. The minimum absolute atomic E-state index is 0.479. The molecule has 0 atom stereocenters. The molecule has 1 aromatic heterocycles. The van der Waals surface area contributed by atoms with Crippen LogP contribution in [0.5, 0.6) is 5.75 Å². The van der Waals surface area contributed by atoms with Gasteiger partial charge in [0.1, 0.15) is 23.7 Å². The summed E-state index contributed by atoms with van der Waals surface area (Å²) in [6.45, 7) is 1.43. The molecule has 100 valence electrons. The fourth-order valence-corrected chi connectivity index (χ4v) is 2.12. The van der Waals surface area contributed by atoms with Gasteiger partial charge in [0.2, 0.25) is 0 Å². The lowest BCUT2D eigenvalue weighted by atomic mass is 10.1. The average molecular weight is 267 g/mol. The van der Waals surface area contributed by atoms with Gasteiger partial charge < -0.3 is 10.1 Å². The van der Waals surface area contributed by atoms with E-state index in [1.807, 2.05) is 18.3 Å². The first-order valence-electron chi connectivity index (χ1n) is 6.31. The number of nitriles is 1. The average Bonchev–Trinajstić information content (AvgIpc) is 2.93. The number of hydrogen-bond donors (Lipinski definition) is 2. The number of benzene rings is 1. The maximum Gasteiger partial charge on any atom is 0.182 e. The van der Waals surface area contributed by atoms with Crippen molar-refractivity contribution in [2.45, 2.75) is 13.0 Å². The van der Waals surface area contributed by atoms with E-state index in [2.05, 4.69) is 26.7 Å². The molecular weight excluding hydrogens is 254 g/mol. The molecule has 2 aromatic rings. The lowest BCUT2D eigenvalue weighted by Gasteiger charge is -2.07. The second-order valence-electron chi connectivity index (χ2n) is 4.42. The second kappa shape index (κ2) is 5.45. The lowest BCUT2D eigenvalue weighted by molar-refractivity contribution is 0.357. The van der Waals surface area contributed by atoms with Gasteiger partial charge in [-0.15, -0.1) is 0 Å². The zero-order valence-electron chi connectivity index (χ0n) is 10.8. The Bertz CT molecular complexity index is 665. The van der Waals surface area contributed by atoms with Gasteiger partial charge in [-0.25, -0.2) is 9.97 Å². The highest BCUT2D eigenvalue weighted by molar-refractivity contribution is 5.49. The summed E-state index contributed by atoms with van der Waals surface area (Å²) in [5.41, 5.74) is 2.42. The fraction of sp³-hybridized carbons (Fsp3) is 0.214. The SMILES string of the molecule is N#CNc1cc(NCc2ccc3c(c2)CCO3)ncn1. The maximum absolute atomic E-state index is 8.55. The molecule has 6 nitrogen and oxygen atoms in total. The summed E-state index contributed by atoms with van der Waals surface area (Å²) >= 11 is 0. The van der Waals surface area contributed by atoms with Gasteiger partial charge in [0.05, 0.1) is 6.61 Å². The van der Waals surface area contributed by atoms with E-state index in [0.29, 0.717) is 18.2 Å². The van der Waals surface area contributed by atoms with Crippen molar-refractivity contribution in [3.8, 4) is 11.9 Å². The van der Waals surface area contributed by atoms with Gasteiger partial charge in [-0.2, -0.15) is 5.26 Å². The van der Waals surface area contributed by atoms with E-state index in [-0.39, 0.29) is 0 Å². The number of anilines is 2. The first-order valence-corrected chi connectivity index (χ1v) is 6.31. The quantitative estimate of drug-likeness (QED) is 0.650. The summed E-state index contributed by atoms with van der Waals surface area (Å²) in [6, 6.07) is 7.87. The van der Waals surface area contributed by atoms with E-state index in [4.69, 9.17) is 10.00 Å². The van der Waals surface area contributed by atoms with E-state index < -0.39 is 0 Å². The van der Waals surface area contributed by atoms with Crippen LogP contribution in [0.4, 0.5) is 11.6 Å². The molecule has 3 rings (SSSR count). The first-order chi connectivity index (χ1) is 9.85. The van der Waals surface area contributed by atoms with E-state index in [0.717, 1.165) is 18.8 Å². The molecule has 6 heteroatoms. The van der Waals surface area contributed by atoms with Crippen molar-refractivity contribution in [1.29, 1.82) is 5.26 Å². The van der Waals surface area contributed by atoms with Crippen LogP contribution in [0, 0.1) is 11.5 Å². The third-order valence-electron chi connectivity index (χ3n) is 3.08. The zero-order valence-corrected chi connectivity index (χ0v) is 10.8. The largest absolute Gasteiger partial charge is 0.493 e. The molecule has 2 N–H and O–H groups in total. The summed E-state index contributed by atoms with van der Waals surface area (Å²) in [5, 5.41) is 14.2. The Balaban J connectivity index is 1.67. The Morgan fingerprint density at radius 3 is 3.05 bits per heavy atom. The van der Waals surface area contributed by atoms with E-state index in [1.165, 1.54) is 17.5 Å². The molecule has 2 heterocycles. The van der Waals surface area contributed by atoms with Crippen molar-refractivity contribution >= 4 is 11.6 Å². The van der Waals surface area contributed by atoms with Gasteiger partial charge in [-0.05, 0) is 17.2 Å². The van der Waals surface area contributed by atoms with Gasteiger partial charge in [0.15, 0.2) is 6.19 Å². The first kappa shape index (κ1) is 12.2. The highest BCUT2D eigenvalue weighted by Crippen LogP contribution is 2.26. The van der Waals surface area contributed by atoms with Crippen molar-refractivity contribution in [3.63, 3.8) is 0 Å². The highest BCUT2D eigenvalue weighted by Gasteiger charge is 2.11. The molecule has 1 aliphatic rings. The standard InChI is InChI=1S/C14H13N5O/c15-8-17-14-6-13(18-9-19-14)16-7-10-1-2-12-11(5-10)3-4-20-12/h1-2,5-6,9H,3-4,7H2,(H2,16,17,18,19). The molecule has 20 heavy (non-hydrogen) atoms. The smallest absolute Gasteiger partial charge is 0.182 e. The highest BCUT2D eigenvalue weighted by atomic mass is 16.5. The maximum atomic E-state index is 8.55. The number of ether oxygens (including phenoxy) is 1. The lowest BCUT2D eigenvalue weighted by Crippen LogP contribution is -2.03. The minimum atomic E-state index is 0.479. The van der Waals surface area contributed by atoms with Crippen LogP contribution in [0.3, 0.4) is 0 Å². The molecule has 0 aliphatic carbocycles. The minimum Gasteiger partial charge on any atom is -0.493 e. The number of rotatable bonds is 4. The molecule has 0 unspecified atom stereocenters. The van der Waals surface area contributed by atoms with Crippen LogP contribution in [0.15, 0.2) is 30.6 Å². The van der Waals surface area contributed by atoms with Gasteiger partial charge in [0, 0.05) is 19.0 Å². The van der Waals surface area contributed by atoms with Crippen LogP contribution >= 0.6 is 0 Å². The number of nitrogens with zero attached hydrogens (tertiary/aromatic N) is 3. The van der Waals surface area contributed by atoms with E-state index in [9.17, 15) is 0 Å². The summed E-state index contributed by atoms with van der Waals surface area (Å²) in [4.78, 5) is 8.04. The number of aromatic nitrogens is 2. The van der Waals surface area contributed by atoms with Gasteiger partial charge in [0.25, 0.3) is 0 Å². The monoisotopic (exact) mass is 267 g/mol. The third-order valence-corrected chi connectivity index (χ3v) is 3.08. The molecule has 0 saturated heterocycles. The number of hydrogen-bond acceptors (Lipinski definition) is 6. The van der Waals surface area contributed by atoms with Crippen LogP contribution in [0.2, 0.25) is 0 Å². The third kappa shape index (κ3) is 2.62. The van der Waals surface area contributed by atoms with Crippen LogP contribution in [0.25, 0.3) is 0 Å². The van der Waals surface area contributed by atoms with Crippen LogP contribution in [0.1, 0.15) is 11.1 Å². The Labute approximate surface area is 116 Å². The molecular formula is C14H13N5O. The number of nitrogens with one attached hydrogen (secondary N) is 2. The van der Waals surface area contributed by atoms with Crippen LogP contribution in [-0.2, 0) is 13.0 Å². The van der Waals surface area contributed by atoms with Gasteiger partial charge in [-0.1, -0.05) is 12.1 Å². The van der Waals surface area contributed by atoms with E-state index >= 15 is 0 Å². The topological polar surface area (TPSA) is 82.9 Å². The van der Waals surface area contributed by atoms with E-state index in [1.54, 1.807) is 6.07 Å². The summed E-state index contributed by atoms with van der Waals surface area (Å²) in [7, 11) is 0. The Hall–Kier alpha value is -2.81. The molecule has 0 saturated carbocycles. The molecule has 0 spiro atoms. The summed E-state index contributed by atoms with van der Waals surface area (Å²) in [5.74, 6) is 2.14. The molecule has 1 aromatic carbocycles. The van der Waals surface area contributed by atoms with Crippen molar-refractivity contribution in [1.82, 2.24) is 9.97 Å². The normalized spacial score (nSPS) is 12.2. The van der Waals surface area contributed by atoms with Crippen molar-refractivity contribution in [2.24, 2.45) is 0 Å². The van der Waals surface area contributed by atoms with Crippen LogP contribution < -0.4 is 15.4 Å². The predicted octanol–water partition coefficient (Wildman–Crippen LogP) is 1.92. The van der Waals surface area contributed by atoms with Crippen molar-refractivity contribution in [2.75, 3.05) is 17.2 Å². The molecule has 0 bridgehead atoms. The van der Waals surface area contributed by atoms with Gasteiger partial charge in [-0.3, -0.25) is 5.32 Å². The Kier molecular flexibility index (Phi) is 3.33. The molecule has 0 radical (unpaired) electrons. The fourth-order valence-electron chi connectivity index (χ4n) is 2.12. The van der Waals surface area contributed by atoms with Crippen molar-refractivity contribution in [3.05, 3.63) is 41.7 Å². The molecule has 0 fully saturated rings. The Morgan fingerprint density at radius 1 is 1.25 bits per heavy atom. The number of fused-ring (bicyclic) bond motifs is 1. The molecule has 0 amide bonds. The molecule has 1 aliphatic heterocycles. The predicted molar refractivity (Wildman–Crippen MR) is 74.2 cm³/mol. The van der Waals surface area contributed by atoms with Gasteiger partial charge >= 0.3 is 0 Å². The van der Waals surface area contributed by atoms with Crippen LogP contribution in [-0.4, -0.2) is 16.6 Å². The summed E-state index contributed by atoms with van der Waals surface area (Å²) in [6.07, 6.45) is 4.21. The second-order valence-corrected chi connectivity index (χ2v) is 4.42. The van der Waals surface area contributed by atoms with Crippen molar-refractivity contribution < 1.29 is 4.74 Å². The summed E-state index contributed by atoms with van der Waals surface area (Å²) < 4.78 is 5.48. The Morgan fingerprint density at radius 2 is 2.15 bits per heavy atom.